The van der Waals surface area contributed by atoms with Crippen LogP contribution in [0.4, 0.5) is 21.7 Å². The highest BCUT2D eigenvalue weighted by Crippen LogP contribution is 2.29. The lowest BCUT2D eigenvalue weighted by Crippen LogP contribution is -2.07. The van der Waals surface area contributed by atoms with Crippen LogP contribution in [0.1, 0.15) is 18.9 Å². The fourth-order valence-corrected chi connectivity index (χ4v) is 1.94. The molecular weight excluding hydrogens is 279 g/mol. The maximum atomic E-state index is 13.8. The van der Waals surface area contributed by atoms with E-state index in [2.05, 4.69) is 27.5 Å². The standard InChI is InChI=1S/C14H16ClFN4/c1-3-7-17-13-9(2)14(19-8-18-13)20-12-10(15)5-4-6-11(12)16/h4-6,8H,3,7H2,1-2H3,(H2,17,18,19,20). The van der Waals surface area contributed by atoms with Crippen molar-refractivity contribution >= 4 is 28.9 Å². The molecule has 20 heavy (non-hydrogen) atoms. The summed E-state index contributed by atoms with van der Waals surface area (Å²) in [5, 5.41) is 6.44. The number of nitrogens with one attached hydrogen (secondary N) is 2. The largest absolute Gasteiger partial charge is 0.370 e. The predicted molar refractivity (Wildman–Crippen MR) is 80.2 cm³/mol. The number of para-hydroxylation sites is 1. The van der Waals surface area contributed by atoms with E-state index in [9.17, 15) is 4.39 Å². The Labute approximate surface area is 122 Å². The minimum atomic E-state index is -0.418. The first-order valence-electron chi connectivity index (χ1n) is 6.40. The summed E-state index contributed by atoms with van der Waals surface area (Å²) in [5.41, 5.74) is 1.04. The lowest BCUT2D eigenvalue weighted by atomic mass is 10.2. The third-order valence-corrected chi connectivity index (χ3v) is 3.15. The summed E-state index contributed by atoms with van der Waals surface area (Å²) < 4.78 is 13.8. The molecule has 0 atom stereocenters. The van der Waals surface area contributed by atoms with Gasteiger partial charge in [0.2, 0.25) is 0 Å². The van der Waals surface area contributed by atoms with Crippen molar-refractivity contribution in [2.45, 2.75) is 20.3 Å². The van der Waals surface area contributed by atoms with Crippen LogP contribution in [0.2, 0.25) is 5.02 Å². The summed E-state index contributed by atoms with van der Waals surface area (Å²) in [6.07, 6.45) is 2.42. The highest BCUT2D eigenvalue weighted by Gasteiger charge is 2.11. The van der Waals surface area contributed by atoms with E-state index in [4.69, 9.17) is 11.6 Å². The van der Waals surface area contributed by atoms with Gasteiger partial charge in [-0.25, -0.2) is 14.4 Å². The van der Waals surface area contributed by atoms with Crippen LogP contribution in [-0.2, 0) is 0 Å². The number of hydrogen-bond donors (Lipinski definition) is 2. The van der Waals surface area contributed by atoms with Crippen LogP contribution < -0.4 is 10.6 Å². The molecule has 1 heterocycles. The van der Waals surface area contributed by atoms with Gasteiger partial charge in [0.1, 0.15) is 23.8 Å². The van der Waals surface area contributed by atoms with Crippen molar-refractivity contribution in [2.75, 3.05) is 17.2 Å². The molecule has 1 aromatic carbocycles. The summed E-state index contributed by atoms with van der Waals surface area (Å²) in [4.78, 5) is 8.31. The maximum Gasteiger partial charge on any atom is 0.148 e. The van der Waals surface area contributed by atoms with Gasteiger partial charge in [-0.3, -0.25) is 0 Å². The topological polar surface area (TPSA) is 49.8 Å². The summed E-state index contributed by atoms with van der Waals surface area (Å²) in [6, 6.07) is 4.53. The van der Waals surface area contributed by atoms with Crippen molar-refractivity contribution in [1.29, 1.82) is 0 Å². The van der Waals surface area contributed by atoms with E-state index in [-0.39, 0.29) is 5.69 Å². The Morgan fingerprint density at radius 2 is 2.00 bits per heavy atom. The molecule has 106 valence electrons. The lowest BCUT2D eigenvalue weighted by Gasteiger charge is -2.13. The number of anilines is 3. The summed E-state index contributed by atoms with van der Waals surface area (Å²) in [5.74, 6) is 0.848. The Hall–Kier alpha value is -1.88. The third kappa shape index (κ3) is 3.17. The minimum absolute atomic E-state index is 0.220. The fourth-order valence-electron chi connectivity index (χ4n) is 1.73. The molecule has 0 amide bonds. The molecule has 2 aromatic rings. The van der Waals surface area contributed by atoms with Gasteiger partial charge in [-0.2, -0.15) is 0 Å². The number of benzene rings is 1. The summed E-state index contributed by atoms with van der Waals surface area (Å²) in [7, 11) is 0. The van der Waals surface area contributed by atoms with Crippen molar-refractivity contribution in [3.8, 4) is 0 Å². The first-order chi connectivity index (χ1) is 9.63. The highest BCUT2D eigenvalue weighted by atomic mass is 35.5. The van der Waals surface area contributed by atoms with Gasteiger partial charge in [-0.1, -0.05) is 24.6 Å². The van der Waals surface area contributed by atoms with Crippen molar-refractivity contribution in [3.63, 3.8) is 0 Å². The van der Waals surface area contributed by atoms with E-state index in [1.807, 2.05) is 6.92 Å². The Kier molecular flexibility index (Phi) is 4.74. The first-order valence-corrected chi connectivity index (χ1v) is 6.77. The molecule has 0 saturated carbocycles. The summed E-state index contributed by atoms with van der Waals surface area (Å²) >= 11 is 5.99. The SMILES string of the molecule is CCCNc1ncnc(Nc2c(F)cccc2Cl)c1C. The fraction of sp³-hybridized carbons (Fsp3) is 0.286. The Bertz CT molecular complexity index is 583. The third-order valence-electron chi connectivity index (χ3n) is 2.83. The van der Waals surface area contributed by atoms with Crippen LogP contribution in [0, 0.1) is 12.7 Å². The molecule has 0 aliphatic carbocycles. The van der Waals surface area contributed by atoms with E-state index in [1.54, 1.807) is 12.1 Å². The molecule has 0 unspecified atom stereocenters. The molecule has 2 N–H and O–H groups in total. The van der Waals surface area contributed by atoms with Crippen molar-refractivity contribution in [1.82, 2.24) is 9.97 Å². The molecule has 4 nitrogen and oxygen atoms in total. The monoisotopic (exact) mass is 294 g/mol. The van der Waals surface area contributed by atoms with Crippen molar-refractivity contribution in [3.05, 3.63) is 40.9 Å². The lowest BCUT2D eigenvalue weighted by molar-refractivity contribution is 0.632. The van der Waals surface area contributed by atoms with Gasteiger partial charge in [-0.05, 0) is 25.5 Å². The van der Waals surface area contributed by atoms with Crippen LogP contribution in [0.15, 0.2) is 24.5 Å². The number of hydrogen-bond acceptors (Lipinski definition) is 4. The molecule has 0 aliphatic heterocycles. The molecule has 0 spiro atoms. The highest BCUT2D eigenvalue weighted by molar-refractivity contribution is 6.33. The van der Waals surface area contributed by atoms with Crippen LogP contribution in [0.3, 0.4) is 0 Å². The molecule has 0 radical (unpaired) electrons. The molecule has 0 aliphatic rings. The summed E-state index contributed by atoms with van der Waals surface area (Å²) in [6.45, 7) is 4.76. The molecule has 0 bridgehead atoms. The van der Waals surface area contributed by atoms with Gasteiger partial charge in [0.15, 0.2) is 0 Å². The van der Waals surface area contributed by atoms with Gasteiger partial charge < -0.3 is 10.6 Å². The predicted octanol–water partition coefficient (Wildman–Crippen LogP) is 4.14. The number of aromatic nitrogens is 2. The minimum Gasteiger partial charge on any atom is -0.370 e. The van der Waals surface area contributed by atoms with E-state index in [1.165, 1.54) is 12.4 Å². The molecular formula is C14H16ClFN4. The number of nitrogens with zero attached hydrogens (tertiary/aromatic N) is 2. The molecule has 1 aromatic heterocycles. The second-order valence-corrected chi connectivity index (χ2v) is 4.75. The second kappa shape index (κ2) is 6.52. The van der Waals surface area contributed by atoms with Crippen LogP contribution >= 0.6 is 11.6 Å². The average Bonchev–Trinajstić information content (AvgIpc) is 2.43. The van der Waals surface area contributed by atoms with E-state index in [0.29, 0.717) is 10.8 Å². The van der Waals surface area contributed by atoms with E-state index < -0.39 is 5.82 Å². The normalized spacial score (nSPS) is 10.4. The van der Waals surface area contributed by atoms with Gasteiger partial charge in [0, 0.05) is 12.1 Å². The smallest absolute Gasteiger partial charge is 0.148 e. The molecule has 6 heteroatoms. The maximum absolute atomic E-state index is 13.8. The quantitative estimate of drug-likeness (QED) is 0.870. The Morgan fingerprint density at radius 1 is 1.25 bits per heavy atom. The van der Waals surface area contributed by atoms with Crippen molar-refractivity contribution in [2.24, 2.45) is 0 Å². The van der Waals surface area contributed by atoms with Crippen LogP contribution in [-0.4, -0.2) is 16.5 Å². The molecule has 0 fully saturated rings. The Morgan fingerprint density at radius 3 is 2.70 bits per heavy atom. The van der Waals surface area contributed by atoms with Crippen LogP contribution in [0.5, 0.6) is 0 Å². The zero-order valence-corrected chi connectivity index (χ0v) is 12.1. The van der Waals surface area contributed by atoms with Gasteiger partial charge in [-0.15, -0.1) is 0 Å². The average molecular weight is 295 g/mol. The van der Waals surface area contributed by atoms with Crippen LogP contribution in [0.25, 0.3) is 0 Å². The first kappa shape index (κ1) is 14.5. The van der Waals surface area contributed by atoms with E-state index >= 15 is 0 Å². The van der Waals surface area contributed by atoms with Gasteiger partial charge >= 0.3 is 0 Å². The Balaban J connectivity index is 2.30. The van der Waals surface area contributed by atoms with E-state index in [0.717, 1.165) is 24.3 Å². The van der Waals surface area contributed by atoms with Gasteiger partial charge in [0.05, 0.1) is 10.7 Å². The zero-order chi connectivity index (χ0) is 14.5. The zero-order valence-electron chi connectivity index (χ0n) is 11.4. The molecule has 0 saturated heterocycles. The second-order valence-electron chi connectivity index (χ2n) is 4.34. The number of rotatable bonds is 5. The van der Waals surface area contributed by atoms with Crippen molar-refractivity contribution < 1.29 is 4.39 Å². The van der Waals surface area contributed by atoms with Gasteiger partial charge in [0.25, 0.3) is 0 Å². The molecule has 2 rings (SSSR count). The number of halogens is 2.